The van der Waals surface area contributed by atoms with Crippen molar-refractivity contribution in [2.24, 2.45) is 5.92 Å². The van der Waals surface area contributed by atoms with Crippen molar-refractivity contribution in [1.29, 1.82) is 0 Å². The zero-order chi connectivity index (χ0) is 20.0. The van der Waals surface area contributed by atoms with Gasteiger partial charge < -0.3 is 10.6 Å². The Labute approximate surface area is 163 Å². The van der Waals surface area contributed by atoms with Crippen molar-refractivity contribution < 1.29 is 18.0 Å². The van der Waals surface area contributed by atoms with E-state index in [1.165, 1.54) is 29.0 Å². The van der Waals surface area contributed by atoms with Crippen LogP contribution in [0.25, 0.3) is 0 Å². The van der Waals surface area contributed by atoms with E-state index in [1.54, 1.807) is 24.4 Å². The topological polar surface area (TPSA) is 121 Å². The molecule has 2 amide bonds. The Morgan fingerprint density at radius 3 is 2.32 bits per heavy atom. The second-order valence-corrected chi connectivity index (χ2v) is 8.38. The van der Waals surface area contributed by atoms with Gasteiger partial charge in [0.2, 0.25) is 10.0 Å². The number of piperidine rings is 1. The highest BCUT2D eigenvalue weighted by molar-refractivity contribution is 7.89. The fraction of sp³-hybridized carbons (Fsp3) is 0.333. The smallest absolute Gasteiger partial charge is 0.313 e. The van der Waals surface area contributed by atoms with Crippen LogP contribution in [0.3, 0.4) is 0 Å². The number of pyridine rings is 2. The zero-order valence-corrected chi connectivity index (χ0v) is 15.9. The van der Waals surface area contributed by atoms with Crippen LogP contribution in [0.15, 0.2) is 53.9 Å². The number of carbonyl (C=O) groups excluding carboxylic acids is 2. The van der Waals surface area contributed by atoms with E-state index in [2.05, 4.69) is 20.6 Å². The van der Waals surface area contributed by atoms with Crippen molar-refractivity contribution in [2.45, 2.75) is 17.7 Å². The van der Waals surface area contributed by atoms with Crippen molar-refractivity contribution in [1.82, 2.24) is 19.6 Å². The van der Waals surface area contributed by atoms with Crippen molar-refractivity contribution in [3.8, 4) is 0 Å². The molecule has 9 nitrogen and oxygen atoms in total. The average molecular weight is 403 g/mol. The molecule has 2 aromatic heterocycles. The van der Waals surface area contributed by atoms with Crippen molar-refractivity contribution >= 4 is 27.5 Å². The van der Waals surface area contributed by atoms with Gasteiger partial charge in [-0.1, -0.05) is 0 Å². The maximum Gasteiger partial charge on any atom is 0.313 e. The van der Waals surface area contributed by atoms with E-state index < -0.39 is 21.8 Å². The number of amides is 2. The maximum atomic E-state index is 12.6. The largest absolute Gasteiger partial charge is 0.348 e. The number of rotatable bonds is 5. The Kier molecular flexibility index (Phi) is 6.32. The molecule has 0 unspecified atom stereocenters. The summed E-state index contributed by atoms with van der Waals surface area (Å²) in [5.74, 6) is -1.38. The molecule has 0 spiro atoms. The second kappa shape index (κ2) is 8.89. The van der Waals surface area contributed by atoms with Gasteiger partial charge in [0, 0.05) is 38.2 Å². The van der Waals surface area contributed by atoms with Gasteiger partial charge in [-0.3, -0.25) is 19.6 Å². The first kappa shape index (κ1) is 19.9. The number of hydrogen-bond donors (Lipinski definition) is 2. The van der Waals surface area contributed by atoms with Crippen molar-refractivity contribution in [3.63, 3.8) is 0 Å². The number of nitrogens with zero attached hydrogens (tertiary/aromatic N) is 3. The number of anilines is 1. The third-order valence-corrected chi connectivity index (χ3v) is 6.40. The molecule has 0 aromatic carbocycles. The first-order valence-corrected chi connectivity index (χ1v) is 10.3. The molecule has 10 heteroatoms. The molecule has 0 saturated carbocycles. The lowest BCUT2D eigenvalue weighted by atomic mass is 9.98. The van der Waals surface area contributed by atoms with Crippen LogP contribution in [0.5, 0.6) is 0 Å². The Morgan fingerprint density at radius 2 is 1.71 bits per heavy atom. The lowest BCUT2D eigenvalue weighted by Gasteiger charge is -2.31. The highest BCUT2D eigenvalue weighted by Gasteiger charge is 2.29. The molecule has 3 heterocycles. The standard InChI is InChI=1S/C18H21N5O4S/c24-17(18(25)22-15-3-1-7-19-12-15)21-11-14-5-9-23(10-6-14)28(26,27)16-4-2-8-20-13-16/h1-4,7-8,12-14H,5-6,9-11H2,(H,21,24)(H,22,25). The van der Waals surface area contributed by atoms with Gasteiger partial charge in [0.1, 0.15) is 4.90 Å². The number of sulfonamides is 1. The van der Waals surface area contributed by atoms with Gasteiger partial charge in [-0.2, -0.15) is 4.31 Å². The first-order chi connectivity index (χ1) is 13.5. The minimum Gasteiger partial charge on any atom is -0.348 e. The zero-order valence-electron chi connectivity index (χ0n) is 15.1. The molecule has 3 rings (SSSR count). The number of hydrogen-bond acceptors (Lipinski definition) is 6. The molecule has 28 heavy (non-hydrogen) atoms. The van der Waals surface area contributed by atoms with Gasteiger partial charge >= 0.3 is 11.8 Å². The Balaban J connectivity index is 1.45. The lowest BCUT2D eigenvalue weighted by molar-refractivity contribution is -0.136. The predicted octanol–water partition coefficient (Wildman–Crippen LogP) is 0.632. The summed E-state index contributed by atoms with van der Waals surface area (Å²) < 4.78 is 26.6. The van der Waals surface area contributed by atoms with Crippen LogP contribution in [-0.2, 0) is 19.6 Å². The molecule has 1 aliphatic heterocycles. The molecular weight excluding hydrogens is 382 g/mol. The quantitative estimate of drug-likeness (QED) is 0.707. The molecule has 1 fully saturated rings. The highest BCUT2D eigenvalue weighted by Crippen LogP contribution is 2.23. The van der Waals surface area contributed by atoms with Crippen molar-refractivity contribution in [2.75, 3.05) is 25.0 Å². The summed E-state index contributed by atoms with van der Waals surface area (Å²) in [6.45, 7) is 1.04. The summed E-state index contributed by atoms with van der Waals surface area (Å²) >= 11 is 0. The minimum absolute atomic E-state index is 0.107. The van der Waals surface area contributed by atoms with Crippen LogP contribution in [0.2, 0.25) is 0 Å². The molecule has 0 radical (unpaired) electrons. The summed E-state index contributed by atoms with van der Waals surface area (Å²) in [5, 5.41) is 5.08. The van der Waals surface area contributed by atoms with E-state index in [1.807, 2.05) is 0 Å². The summed E-state index contributed by atoms with van der Waals surface area (Å²) in [4.78, 5) is 31.7. The van der Waals surface area contributed by atoms with Gasteiger partial charge in [-0.25, -0.2) is 8.42 Å². The van der Waals surface area contributed by atoms with E-state index in [0.717, 1.165) is 0 Å². The van der Waals surface area contributed by atoms with Gasteiger partial charge in [0.05, 0.1) is 11.9 Å². The summed E-state index contributed by atoms with van der Waals surface area (Å²) in [6, 6.07) is 6.40. The van der Waals surface area contributed by atoms with Crippen LogP contribution in [-0.4, -0.2) is 54.1 Å². The lowest BCUT2D eigenvalue weighted by Crippen LogP contribution is -2.43. The van der Waals surface area contributed by atoms with Gasteiger partial charge in [-0.15, -0.1) is 0 Å². The molecule has 148 valence electrons. The van der Waals surface area contributed by atoms with E-state index in [-0.39, 0.29) is 10.8 Å². The molecule has 1 aliphatic rings. The number of aromatic nitrogens is 2. The molecule has 0 aliphatic carbocycles. The summed E-state index contributed by atoms with van der Waals surface area (Å²) in [5.41, 5.74) is 0.441. The highest BCUT2D eigenvalue weighted by atomic mass is 32.2. The molecule has 1 saturated heterocycles. The van der Waals surface area contributed by atoms with Gasteiger partial charge in [0.15, 0.2) is 0 Å². The maximum absolute atomic E-state index is 12.6. The Bertz CT molecular complexity index is 914. The van der Waals surface area contributed by atoms with E-state index in [9.17, 15) is 18.0 Å². The van der Waals surface area contributed by atoms with Crippen LogP contribution in [0.1, 0.15) is 12.8 Å². The third-order valence-electron chi connectivity index (χ3n) is 4.52. The number of nitrogens with one attached hydrogen (secondary N) is 2. The van der Waals surface area contributed by atoms with E-state index in [0.29, 0.717) is 38.2 Å². The van der Waals surface area contributed by atoms with Crippen LogP contribution in [0, 0.1) is 5.92 Å². The monoisotopic (exact) mass is 403 g/mol. The first-order valence-electron chi connectivity index (χ1n) is 8.86. The SMILES string of the molecule is O=C(NCC1CCN(S(=O)(=O)c2cccnc2)CC1)C(=O)Nc1cccnc1. The van der Waals surface area contributed by atoms with Gasteiger partial charge in [0.25, 0.3) is 0 Å². The fourth-order valence-electron chi connectivity index (χ4n) is 2.94. The molecule has 0 atom stereocenters. The normalized spacial score (nSPS) is 15.7. The second-order valence-electron chi connectivity index (χ2n) is 6.44. The van der Waals surface area contributed by atoms with Crippen LogP contribution < -0.4 is 10.6 Å². The average Bonchev–Trinajstić information content (AvgIpc) is 2.73. The summed E-state index contributed by atoms with van der Waals surface area (Å²) in [6.07, 6.45) is 7.08. The van der Waals surface area contributed by atoms with Gasteiger partial charge in [-0.05, 0) is 43.0 Å². The van der Waals surface area contributed by atoms with E-state index >= 15 is 0 Å². The minimum atomic E-state index is -3.55. The van der Waals surface area contributed by atoms with Crippen LogP contribution >= 0.6 is 0 Å². The summed E-state index contributed by atoms with van der Waals surface area (Å²) in [7, 11) is -3.55. The predicted molar refractivity (Wildman–Crippen MR) is 102 cm³/mol. The molecular formula is C18H21N5O4S. The van der Waals surface area contributed by atoms with Crippen LogP contribution in [0.4, 0.5) is 5.69 Å². The molecule has 2 N–H and O–H groups in total. The Morgan fingerprint density at radius 1 is 1.04 bits per heavy atom. The molecule has 2 aromatic rings. The van der Waals surface area contributed by atoms with Crippen molar-refractivity contribution in [3.05, 3.63) is 49.1 Å². The fourth-order valence-corrected chi connectivity index (χ4v) is 4.38. The number of carbonyl (C=O) groups is 2. The molecule has 0 bridgehead atoms. The Hall–Kier alpha value is -2.85. The third kappa shape index (κ3) is 4.90. The van der Waals surface area contributed by atoms with E-state index in [4.69, 9.17) is 0 Å².